The minimum atomic E-state index is -0.728. The van der Waals surface area contributed by atoms with Crippen molar-refractivity contribution >= 4 is 5.97 Å². The Bertz CT molecular complexity index is 374. The maximum absolute atomic E-state index is 11.4. The molecule has 0 saturated heterocycles. The van der Waals surface area contributed by atoms with Crippen LogP contribution >= 0.6 is 0 Å². The number of esters is 1. The van der Waals surface area contributed by atoms with E-state index in [0.29, 0.717) is 13.1 Å². The van der Waals surface area contributed by atoms with Gasteiger partial charge in [-0.2, -0.15) is 5.10 Å². The molecule has 0 unspecified atom stereocenters. The first-order chi connectivity index (χ1) is 7.99. The molecule has 96 valence electrons. The minimum absolute atomic E-state index is 0.0577. The maximum Gasteiger partial charge on any atom is 0.325 e. The van der Waals surface area contributed by atoms with Gasteiger partial charge in [0, 0.05) is 18.3 Å². The van der Waals surface area contributed by atoms with Crippen molar-refractivity contribution in [1.29, 1.82) is 0 Å². The highest BCUT2D eigenvalue weighted by Crippen LogP contribution is 2.07. The monoisotopic (exact) mass is 241 g/mol. The number of aromatic nitrogens is 2. The number of methoxy groups -OCH3 is 1. The fourth-order valence-electron chi connectivity index (χ4n) is 1.37. The van der Waals surface area contributed by atoms with Crippen molar-refractivity contribution in [2.75, 3.05) is 13.7 Å². The lowest BCUT2D eigenvalue weighted by atomic mass is 10.1. The van der Waals surface area contributed by atoms with E-state index in [1.807, 2.05) is 6.20 Å². The van der Waals surface area contributed by atoms with Gasteiger partial charge in [-0.25, -0.2) is 0 Å². The third kappa shape index (κ3) is 3.83. The molecule has 0 aliphatic rings. The average molecular weight is 241 g/mol. The Balaban J connectivity index is 2.51. The predicted molar refractivity (Wildman–Crippen MR) is 62.2 cm³/mol. The van der Waals surface area contributed by atoms with Crippen LogP contribution in [0.4, 0.5) is 0 Å². The Labute approximate surface area is 101 Å². The lowest BCUT2D eigenvalue weighted by Crippen LogP contribution is -2.46. The second-order valence-corrected chi connectivity index (χ2v) is 4.31. The topological polar surface area (TPSA) is 76.4 Å². The molecule has 1 aromatic heterocycles. The molecule has 0 aliphatic heterocycles. The molecular formula is C11H19N3O3. The van der Waals surface area contributed by atoms with E-state index in [0.717, 1.165) is 5.56 Å². The average Bonchev–Trinajstić information content (AvgIpc) is 2.74. The van der Waals surface area contributed by atoms with Crippen LogP contribution in [0.3, 0.4) is 0 Å². The van der Waals surface area contributed by atoms with E-state index in [1.165, 1.54) is 7.11 Å². The van der Waals surface area contributed by atoms with E-state index in [-0.39, 0.29) is 12.6 Å². The molecule has 0 fully saturated rings. The molecule has 1 aromatic rings. The molecule has 2 N–H and O–H groups in total. The highest BCUT2D eigenvalue weighted by Gasteiger charge is 2.27. The lowest BCUT2D eigenvalue weighted by Gasteiger charge is -2.22. The largest absolute Gasteiger partial charge is 0.468 e. The van der Waals surface area contributed by atoms with Crippen LogP contribution in [0.1, 0.15) is 19.4 Å². The standard InChI is InChI=1S/C11H19N3O3/c1-11(2,10(16)17-3)12-6-9-7-13-14(8-9)4-5-15/h7-8,12,15H,4-6H2,1-3H3. The van der Waals surface area contributed by atoms with Gasteiger partial charge in [0.05, 0.1) is 26.5 Å². The zero-order chi connectivity index (χ0) is 12.9. The van der Waals surface area contributed by atoms with Crippen molar-refractivity contribution in [2.24, 2.45) is 0 Å². The van der Waals surface area contributed by atoms with Crippen LogP contribution in [0, 0.1) is 0 Å². The van der Waals surface area contributed by atoms with E-state index in [1.54, 1.807) is 24.7 Å². The maximum atomic E-state index is 11.4. The summed E-state index contributed by atoms with van der Waals surface area (Å²) in [5.74, 6) is -0.305. The summed E-state index contributed by atoms with van der Waals surface area (Å²) < 4.78 is 6.35. The zero-order valence-electron chi connectivity index (χ0n) is 10.4. The fourth-order valence-corrected chi connectivity index (χ4v) is 1.37. The molecular weight excluding hydrogens is 222 g/mol. The molecule has 1 heterocycles. The van der Waals surface area contributed by atoms with Gasteiger partial charge in [-0.05, 0) is 13.8 Å². The normalized spacial score (nSPS) is 11.5. The van der Waals surface area contributed by atoms with Gasteiger partial charge in [0.15, 0.2) is 0 Å². The van der Waals surface area contributed by atoms with Crippen molar-refractivity contribution in [2.45, 2.75) is 32.5 Å². The first-order valence-electron chi connectivity index (χ1n) is 5.45. The quantitative estimate of drug-likeness (QED) is 0.681. The summed E-state index contributed by atoms with van der Waals surface area (Å²) in [6.07, 6.45) is 3.53. The van der Waals surface area contributed by atoms with Crippen LogP contribution in [-0.4, -0.2) is 40.1 Å². The molecule has 0 radical (unpaired) electrons. The molecule has 1 rings (SSSR count). The molecule has 0 atom stereocenters. The summed E-state index contributed by atoms with van der Waals surface area (Å²) in [7, 11) is 1.37. The van der Waals surface area contributed by atoms with Gasteiger partial charge in [0.2, 0.25) is 0 Å². The number of carbonyl (C=O) groups excluding carboxylic acids is 1. The predicted octanol–water partition coefficient (Wildman–Crippen LogP) is -0.0834. The van der Waals surface area contributed by atoms with E-state index in [2.05, 4.69) is 10.4 Å². The third-order valence-corrected chi connectivity index (χ3v) is 2.45. The van der Waals surface area contributed by atoms with Gasteiger partial charge < -0.3 is 9.84 Å². The molecule has 0 bridgehead atoms. The fraction of sp³-hybridized carbons (Fsp3) is 0.636. The molecule has 0 spiro atoms. The van der Waals surface area contributed by atoms with Gasteiger partial charge >= 0.3 is 5.97 Å². The Hall–Kier alpha value is -1.40. The van der Waals surface area contributed by atoms with Crippen molar-refractivity contribution in [3.63, 3.8) is 0 Å². The van der Waals surface area contributed by atoms with E-state index in [4.69, 9.17) is 9.84 Å². The second kappa shape index (κ2) is 5.79. The number of hydrogen-bond donors (Lipinski definition) is 2. The number of ether oxygens (including phenoxy) is 1. The molecule has 6 nitrogen and oxygen atoms in total. The summed E-state index contributed by atoms with van der Waals surface area (Å²) in [4.78, 5) is 11.4. The van der Waals surface area contributed by atoms with Gasteiger partial charge in [0.1, 0.15) is 5.54 Å². The zero-order valence-corrected chi connectivity index (χ0v) is 10.4. The highest BCUT2D eigenvalue weighted by molar-refractivity contribution is 5.79. The molecule has 0 aromatic carbocycles. The molecule has 6 heteroatoms. The van der Waals surface area contributed by atoms with Crippen molar-refractivity contribution in [3.05, 3.63) is 18.0 Å². The SMILES string of the molecule is COC(=O)C(C)(C)NCc1cnn(CCO)c1. The van der Waals surface area contributed by atoms with Crippen LogP contribution in [0.25, 0.3) is 0 Å². The van der Waals surface area contributed by atoms with Crippen LogP contribution in [0.5, 0.6) is 0 Å². The second-order valence-electron chi connectivity index (χ2n) is 4.31. The van der Waals surface area contributed by atoms with Gasteiger partial charge in [-0.1, -0.05) is 0 Å². The smallest absolute Gasteiger partial charge is 0.325 e. The van der Waals surface area contributed by atoms with Gasteiger partial charge in [-0.3, -0.25) is 14.8 Å². The summed E-state index contributed by atoms with van der Waals surface area (Å²) in [5, 5.41) is 15.9. The van der Waals surface area contributed by atoms with Crippen LogP contribution in [-0.2, 0) is 22.6 Å². The number of nitrogens with one attached hydrogen (secondary N) is 1. The van der Waals surface area contributed by atoms with E-state index >= 15 is 0 Å². The summed E-state index contributed by atoms with van der Waals surface area (Å²) in [5.41, 5.74) is 0.226. The number of nitrogens with zero attached hydrogens (tertiary/aromatic N) is 2. The lowest BCUT2D eigenvalue weighted by molar-refractivity contribution is -0.147. The van der Waals surface area contributed by atoms with Crippen molar-refractivity contribution < 1.29 is 14.6 Å². The third-order valence-electron chi connectivity index (χ3n) is 2.45. The Kier molecular flexibility index (Phi) is 4.65. The van der Waals surface area contributed by atoms with Gasteiger partial charge in [0.25, 0.3) is 0 Å². The van der Waals surface area contributed by atoms with Crippen molar-refractivity contribution in [3.8, 4) is 0 Å². The van der Waals surface area contributed by atoms with Crippen LogP contribution < -0.4 is 5.32 Å². The van der Waals surface area contributed by atoms with Crippen molar-refractivity contribution in [1.82, 2.24) is 15.1 Å². The number of carbonyl (C=O) groups is 1. The Morgan fingerprint density at radius 1 is 1.65 bits per heavy atom. The highest BCUT2D eigenvalue weighted by atomic mass is 16.5. The van der Waals surface area contributed by atoms with E-state index < -0.39 is 5.54 Å². The molecule has 0 saturated carbocycles. The summed E-state index contributed by atoms with van der Waals surface area (Å²) in [6.45, 7) is 4.57. The summed E-state index contributed by atoms with van der Waals surface area (Å²) >= 11 is 0. The molecule has 17 heavy (non-hydrogen) atoms. The minimum Gasteiger partial charge on any atom is -0.468 e. The number of hydrogen-bond acceptors (Lipinski definition) is 5. The van der Waals surface area contributed by atoms with Crippen LogP contribution in [0.2, 0.25) is 0 Å². The number of aliphatic hydroxyl groups is 1. The molecule has 0 aliphatic carbocycles. The first-order valence-corrected chi connectivity index (χ1v) is 5.45. The number of rotatable bonds is 6. The van der Waals surface area contributed by atoms with E-state index in [9.17, 15) is 4.79 Å². The van der Waals surface area contributed by atoms with Crippen LogP contribution in [0.15, 0.2) is 12.4 Å². The number of aliphatic hydroxyl groups excluding tert-OH is 1. The summed E-state index contributed by atoms with van der Waals surface area (Å²) in [6, 6.07) is 0. The first kappa shape index (κ1) is 13.7. The molecule has 0 amide bonds. The Morgan fingerprint density at radius 2 is 2.35 bits per heavy atom. The van der Waals surface area contributed by atoms with Gasteiger partial charge in [-0.15, -0.1) is 0 Å². The Morgan fingerprint density at radius 3 is 2.94 bits per heavy atom.